The minimum absolute atomic E-state index is 0.348. The van der Waals surface area contributed by atoms with Crippen LogP contribution in [-0.4, -0.2) is 41.7 Å². The molecule has 0 aromatic carbocycles. The van der Waals surface area contributed by atoms with Crippen LogP contribution >= 0.6 is 11.6 Å². The fourth-order valence-corrected chi connectivity index (χ4v) is 2.11. The highest BCUT2D eigenvalue weighted by molar-refractivity contribution is 6.16. The van der Waals surface area contributed by atoms with Crippen molar-refractivity contribution in [2.45, 2.75) is 24.8 Å². The van der Waals surface area contributed by atoms with Crippen molar-refractivity contribution in [3.63, 3.8) is 0 Å². The fourth-order valence-electron chi connectivity index (χ4n) is 1.91. The predicted octanol–water partition coefficient (Wildman–Crippen LogP) is 1.17. The van der Waals surface area contributed by atoms with E-state index < -0.39 is 0 Å². The largest absolute Gasteiger partial charge is 0.383 e. The summed E-state index contributed by atoms with van der Waals surface area (Å²) >= 11 is 5.84. The van der Waals surface area contributed by atoms with Crippen molar-refractivity contribution >= 4 is 11.6 Å². The van der Waals surface area contributed by atoms with Gasteiger partial charge in [0.25, 0.3) is 0 Å². The van der Waals surface area contributed by atoms with Gasteiger partial charge in [-0.05, 0) is 6.42 Å². The van der Waals surface area contributed by atoms with E-state index in [1.165, 1.54) is 0 Å². The standard InChI is InChI=1S/C10H16ClN3O2/c1-15-5-3-14-9(6-11)12-13-10(14)8-2-4-16-7-8/h8H,2-7H2,1H3. The molecule has 1 saturated heterocycles. The molecule has 0 bridgehead atoms. The van der Waals surface area contributed by atoms with Gasteiger partial charge in [0, 0.05) is 26.2 Å². The first-order valence-electron chi connectivity index (χ1n) is 5.41. The van der Waals surface area contributed by atoms with Gasteiger partial charge in [0.1, 0.15) is 11.6 Å². The molecular weight excluding hydrogens is 230 g/mol. The van der Waals surface area contributed by atoms with Crippen LogP contribution in [0.4, 0.5) is 0 Å². The third kappa shape index (κ3) is 2.36. The van der Waals surface area contributed by atoms with Gasteiger partial charge in [0.2, 0.25) is 0 Å². The molecule has 1 aromatic rings. The number of methoxy groups -OCH3 is 1. The molecule has 0 amide bonds. The quantitative estimate of drug-likeness (QED) is 0.731. The SMILES string of the molecule is COCCn1c(CCl)nnc1C1CCOC1. The summed E-state index contributed by atoms with van der Waals surface area (Å²) in [6.45, 7) is 2.92. The van der Waals surface area contributed by atoms with Crippen LogP contribution in [0.5, 0.6) is 0 Å². The summed E-state index contributed by atoms with van der Waals surface area (Å²) in [6, 6.07) is 0. The van der Waals surface area contributed by atoms with Crippen molar-refractivity contribution in [2.24, 2.45) is 0 Å². The third-order valence-electron chi connectivity index (χ3n) is 2.79. The van der Waals surface area contributed by atoms with Gasteiger partial charge in [0.15, 0.2) is 0 Å². The first kappa shape index (κ1) is 11.8. The molecule has 1 fully saturated rings. The van der Waals surface area contributed by atoms with Gasteiger partial charge in [-0.25, -0.2) is 0 Å². The normalized spacial score (nSPS) is 20.5. The Kier molecular flexibility index (Phi) is 4.15. The van der Waals surface area contributed by atoms with Crippen LogP contribution in [-0.2, 0) is 21.9 Å². The summed E-state index contributed by atoms with van der Waals surface area (Å²) < 4.78 is 12.5. The zero-order chi connectivity index (χ0) is 11.4. The number of hydrogen-bond acceptors (Lipinski definition) is 4. The molecule has 1 aliphatic rings. The third-order valence-corrected chi connectivity index (χ3v) is 3.03. The van der Waals surface area contributed by atoms with Crippen LogP contribution < -0.4 is 0 Å². The van der Waals surface area contributed by atoms with E-state index in [4.69, 9.17) is 21.1 Å². The minimum atomic E-state index is 0.348. The second-order valence-corrected chi connectivity index (χ2v) is 4.08. The highest BCUT2D eigenvalue weighted by Crippen LogP contribution is 2.24. The van der Waals surface area contributed by atoms with Gasteiger partial charge in [-0.1, -0.05) is 0 Å². The van der Waals surface area contributed by atoms with E-state index in [1.807, 2.05) is 0 Å². The molecule has 1 aliphatic heterocycles. The summed E-state index contributed by atoms with van der Waals surface area (Å²) in [4.78, 5) is 0. The Morgan fingerprint density at radius 3 is 3.06 bits per heavy atom. The molecule has 5 nitrogen and oxygen atoms in total. The van der Waals surface area contributed by atoms with Crippen molar-refractivity contribution in [3.05, 3.63) is 11.6 Å². The molecule has 2 rings (SSSR count). The minimum Gasteiger partial charge on any atom is -0.383 e. The second-order valence-electron chi connectivity index (χ2n) is 3.81. The van der Waals surface area contributed by atoms with Gasteiger partial charge in [-0.3, -0.25) is 0 Å². The van der Waals surface area contributed by atoms with E-state index in [0.717, 1.165) is 37.8 Å². The maximum atomic E-state index is 5.84. The predicted molar refractivity (Wildman–Crippen MR) is 59.6 cm³/mol. The zero-order valence-electron chi connectivity index (χ0n) is 9.36. The number of rotatable bonds is 5. The van der Waals surface area contributed by atoms with Crippen LogP contribution in [0.2, 0.25) is 0 Å². The molecule has 0 saturated carbocycles. The summed E-state index contributed by atoms with van der Waals surface area (Å²) in [5, 5.41) is 8.32. The zero-order valence-corrected chi connectivity index (χ0v) is 10.1. The van der Waals surface area contributed by atoms with Crippen LogP contribution in [0.3, 0.4) is 0 Å². The summed E-state index contributed by atoms with van der Waals surface area (Å²) in [5.41, 5.74) is 0. The first-order valence-corrected chi connectivity index (χ1v) is 5.95. The van der Waals surface area contributed by atoms with E-state index in [9.17, 15) is 0 Å². The molecule has 0 spiro atoms. The molecule has 1 aromatic heterocycles. The molecule has 0 aliphatic carbocycles. The Morgan fingerprint density at radius 1 is 1.56 bits per heavy atom. The number of nitrogens with zero attached hydrogens (tertiary/aromatic N) is 3. The van der Waals surface area contributed by atoms with Gasteiger partial charge >= 0.3 is 0 Å². The summed E-state index contributed by atoms with van der Waals surface area (Å²) in [7, 11) is 1.68. The lowest BCUT2D eigenvalue weighted by molar-refractivity contribution is 0.182. The van der Waals surface area contributed by atoms with Crippen molar-refractivity contribution in [1.82, 2.24) is 14.8 Å². The monoisotopic (exact) mass is 245 g/mol. The highest BCUT2D eigenvalue weighted by atomic mass is 35.5. The summed E-state index contributed by atoms with van der Waals surface area (Å²) in [5.74, 6) is 2.51. The highest BCUT2D eigenvalue weighted by Gasteiger charge is 2.24. The number of aromatic nitrogens is 3. The van der Waals surface area contributed by atoms with Crippen molar-refractivity contribution in [1.29, 1.82) is 0 Å². The topological polar surface area (TPSA) is 49.2 Å². The van der Waals surface area contributed by atoms with Gasteiger partial charge in [-0.2, -0.15) is 0 Å². The van der Waals surface area contributed by atoms with E-state index >= 15 is 0 Å². The molecular formula is C10H16ClN3O2. The molecule has 0 N–H and O–H groups in total. The van der Waals surface area contributed by atoms with Crippen molar-refractivity contribution in [2.75, 3.05) is 26.9 Å². The Labute approximate surface area is 99.7 Å². The number of ether oxygens (including phenoxy) is 2. The lowest BCUT2D eigenvalue weighted by Crippen LogP contribution is -2.14. The number of halogens is 1. The van der Waals surface area contributed by atoms with Crippen LogP contribution in [0, 0.1) is 0 Å². The molecule has 6 heteroatoms. The van der Waals surface area contributed by atoms with Crippen LogP contribution in [0.15, 0.2) is 0 Å². The Hall–Kier alpha value is -0.650. The van der Waals surface area contributed by atoms with E-state index in [-0.39, 0.29) is 0 Å². The van der Waals surface area contributed by atoms with Gasteiger partial charge < -0.3 is 14.0 Å². The van der Waals surface area contributed by atoms with Crippen molar-refractivity contribution in [3.8, 4) is 0 Å². The van der Waals surface area contributed by atoms with Crippen LogP contribution in [0.1, 0.15) is 24.0 Å². The Bertz CT molecular complexity index is 337. The Morgan fingerprint density at radius 2 is 2.44 bits per heavy atom. The molecule has 16 heavy (non-hydrogen) atoms. The van der Waals surface area contributed by atoms with Crippen molar-refractivity contribution < 1.29 is 9.47 Å². The maximum absolute atomic E-state index is 5.84. The molecule has 1 unspecified atom stereocenters. The number of alkyl halides is 1. The smallest absolute Gasteiger partial charge is 0.148 e. The molecule has 2 heterocycles. The molecule has 0 radical (unpaired) electrons. The molecule has 90 valence electrons. The Balaban J connectivity index is 2.18. The summed E-state index contributed by atoms with van der Waals surface area (Å²) in [6.07, 6.45) is 1.01. The molecule has 1 atom stereocenters. The number of hydrogen-bond donors (Lipinski definition) is 0. The average molecular weight is 246 g/mol. The fraction of sp³-hybridized carbons (Fsp3) is 0.800. The second kappa shape index (κ2) is 5.61. The lowest BCUT2D eigenvalue weighted by Gasteiger charge is -2.11. The maximum Gasteiger partial charge on any atom is 0.148 e. The van der Waals surface area contributed by atoms with Gasteiger partial charge in [0.05, 0.1) is 19.1 Å². The van der Waals surface area contributed by atoms with E-state index in [1.54, 1.807) is 7.11 Å². The van der Waals surface area contributed by atoms with Crippen LogP contribution in [0.25, 0.3) is 0 Å². The first-order chi connectivity index (χ1) is 7.86. The average Bonchev–Trinajstić information content (AvgIpc) is 2.94. The lowest BCUT2D eigenvalue weighted by atomic mass is 10.1. The van der Waals surface area contributed by atoms with E-state index in [2.05, 4.69) is 14.8 Å². The van der Waals surface area contributed by atoms with E-state index in [0.29, 0.717) is 18.4 Å². The van der Waals surface area contributed by atoms with Gasteiger partial charge in [-0.15, -0.1) is 21.8 Å².